The summed E-state index contributed by atoms with van der Waals surface area (Å²) < 4.78 is 0. The highest BCUT2D eigenvalue weighted by molar-refractivity contribution is 6.03. The van der Waals surface area contributed by atoms with Gasteiger partial charge in [0.05, 0.1) is 6.54 Å². The predicted octanol–water partition coefficient (Wildman–Crippen LogP) is 3.92. The summed E-state index contributed by atoms with van der Waals surface area (Å²) in [5.41, 5.74) is 1.03. The molecule has 3 heteroatoms. The number of benzene rings is 1. The maximum absolute atomic E-state index is 12.5. The van der Waals surface area contributed by atoms with Crippen LogP contribution in [0.15, 0.2) is 30.3 Å². The van der Waals surface area contributed by atoms with E-state index in [1.807, 2.05) is 30.3 Å². The van der Waals surface area contributed by atoms with Gasteiger partial charge in [-0.3, -0.25) is 14.5 Å². The van der Waals surface area contributed by atoms with Crippen molar-refractivity contribution >= 4 is 11.8 Å². The van der Waals surface area contributed by atoms with Gasteiger partial charge >= 0.3 is 0 Å². The number of likely N-dealkylation sites (tertiary alicyclic amines) is 1. The molecule has 0 N–H and O–H groups in total. The third-order valence-corrected chi connectivity index (χ3v) is 5.17. The molecule has 0 unspecified atom stereocenters. The molecule has 0 bridgehead atoms. The van der Waals surface area contributed by atoms with Crippen LogP contribution >= 0.6 is 0 Å². The van der Waals surface area contributed by atoms with Gasteiger partial charge in [-0.2, -0.15) is 0 Å². The first-order chi connectivity index (χ1) is 10.7. The van der Waals surface area contributed by atoms with E-state index in [0.717, 1.165) is 24.3 Å². The van der Waals surface area contributed by atoms with Crippen molar-refractivity contribution in [1.29, 1.82) is 0 Å². The fraction of sp³-hybridized carbons (Fsp3) is 0.579. The Morgan fingerprint density at radius 3 is 2.41 bits per heavy atom. The Kier molecular flexibility index (Phi) is 4.91. The van der Waals surface area contributed by atoms with Crippen LogP contribution in [0.5, 0.6) is 0 Å². The number of hydrogen-bond acceptors (Lipinski definition) is 2. The summed E-state index contributed by atoms with van der Waals surface area (Å²) in [6, 6.07) is 9.78. The van der Waals surface area contributed by atoms with Gasteiger partial charge in [-0.05, 0) is 24.3 Å². The van der Waals surface area contributed by atoms with E-state index in [1.165, 1.54) is 37.0 Å². The predicted molar refractivity (Wildman–Crippen MR) is 85.9 cm³/mol. The smallest absolute Gasteiger partial charge is 0.233 e. The first-order valence-corrected chi connectivity index (χ1v) is 8.62. The second-order valence-corrected chi connectivity index (χ2v) is 6.79. The summed E-state index contributed by atoms with van der Waals surface area (Å²) in [7, 11) is 0. The second kappa shape index (κ2) is 7.08. The Morgan fingerprint density at radius 2 is 1.68 bits per heavy atom. The number of imide groups is 1. The van der Waals surface area contributed by atoms with Crippen molar-refractivity contribution in [2.45, 2.75) is 57.9 Å². The van der Waals surface area contributed by atoms with E-state index in [1.54, 1.807) is 0 Å². The molecular weight excluding hydrogens is 274 g/mol. The molecule has 1 aliphatic carbocycles. The SMILES string of the molecule is O=C1C[C@@H](CCC2CCCCC2)C(=O)N1Cc1ccccc1. The van der Waals surface area contributed by atoms with Crippen molar-refractivity contribution in [3.63, 3.8) is 0 Å². The van der Waals surface area contributed by atoms with Crippen molar-refractivity contribution in [3.05, 3.63) is 35.9 Å². The molecule has 1 aliphatic heterocycles. The van der Waals surface area contributed by atoms with Gasteiger partial charge in [0.15, 0.2) is 0 Å². The summed E-state index contributed by atoms with van der Waals surface area (Å²) in [5, 5.41) is 0. The Balaban J connectivity index is 1.54. The third-order valence-electron chi connectivity index (χ3n) is 5.17. The lowest BCUT2D eigenvalue weighted by Gasteiger charge is -2.22. The molecule has 118 valence electrons. The van der Waals surface area contributed by atoms with Crippen LogP contribution in [0.25, 0.3) is 0 Å². The van der Waals surface area contributed by atoms with Crippen LogP contribution in [0, 0.1) is 11.8 Å². The molecule has 2 amide bonds. The zero-order valence-electron chi connectivity index (χ0n) is 13.2. The van der Waals surface area contributed by atoms with Crippen LogP contribution in [0.1, 0.15) is 56.9 Å². The minimum absolute atomic E-state index is 0.00231. The molecule has 2 aliphatic rings. The summed E-state index contributed by atoms with van der Waals surface area (Å²) in [6.07, 6.45) is 9.07. The van der Waals surface area contributed by atoms with Gasteiger partial charge in [0, 0.05) is 12.3 Å². The number of rotatable bonds is 5. The van der Waals surface area contributed by atoms with Gasteiger partial charge in [0.1, 0.15) is 0 Å². The van der Waals surface area contributed by atoms with Crippen LogP contribution < -0.4 is 0 Å². The largest absolute Gasteiger partial charge is 0.278 e. The number of hydrogen-bond donors (Lipinski definition) is 0. The molecule has 1 atom stereocenters. The first kappa shape index (κ1) is 15.3. The van der Waals surface area contributed by atoms with E-state index in [4.69, 9.17) is 0 Å². The van der Waals surface area contributed by atoms with Gasteiger partial charge < -0.3 is 0 Å². The quantitative estimate of drug-likeness (QED) is 0.773. The lowest BCUT2D eigenvalue weighted by Crippen LogP contribution is -2.30. The first-order valence-electron chi connectivity index (χ1n) is 8.62. The second-order valence-electron chi connectivity index (χ2n) is 6.79. The van der Waals surface area contributed by atoms with Crippen molar-refractivity contribution in [3.8, 4) is 0 Å². The lowest BCUT2D eigenvalue weighted by atomic mass is 9.84. The normalized spacial score (nSPS) is 23.3. The highest BCUT2D eigenvalue weighted by Crippen LogP contribution is 2.32. The van der Waals surface area contributed by atoms with E-state index < -0.39 is 0 Å². The van der Waals surface area contributed by atoms with Crippen LogP contribution in [0.3, 0.4) is 0 Å². The Labute approximate surface area is 132 Å². The highest BCUT2D eigenvalue weighted by atomic mass is 16.2. The molecule has 1 aromatic carbocycles. The molecule has 3 rings (SSSR count). The fourth-order valence-corrected chi connectivity index (χ4v) is 3.82. The van der Waals surface area contributed by atoms with Crippen LogP contribution in [-0.2, 0) is 16.1 Å². The molecule has 22 heavy (non-hydrogen) atoms. The maximum Gasteiger partial charge on any atom is 0.233 e. The Bertz CT molecular complexity index is 519. The molecular formula is C19H25NO2. The third kappa shape index (κ3) is 3.57. The topological polar surface area (TPSA) is 37.4 Å². The molecule has 0 radical (unpaired) electrons. The van der Waals surface area contributed by atoms with Crippen LogP contribution in [0.2, 0.25) is 0 Å². The number of carbonyl (C=O) groups excluding carboxylic acids is 2. The minimum atomic E-state index is -0.0712. The summed E-state index contributed by atoms with van der Waals surface area (Å²) in [6.45, 7) is 0.429. The van der Waals surface area contributed by atoms with Crippen LogP contribution in [0.4, 0.5) is 0 Å². The van der Waals surface area contributed by atoms with Crippen molar-refractivity contribution in [2.75, 3.05) is 0 Å². The summed E-state index contributed by atoms with van der Waals surface area (Å²) in [5.74, 6) is 0.755. The van der Waals surface area contributed by atoms with Crippen molar-refractivity contribution in [1.82, 2.24) is 4.90 Å². The molecule has 1 saturated carbocycles. The van der Waals surface area contributed by atoms with E-state index in [9.17, 15) is 9.59 Å². The highest BCUT2D eigenvalue weighted by Gasteiger charge is 2.38. The zero-order valence-corrected chi connectivity index (χ0v) is 13.2. The zero-order chi connectivity index (χ0) is 15.4. The molecule has 1 aromatic rings. The summed E-state index contributed by atoms with van der Waals surface area (Å²) in [4.78, 5) is 26.1. The lowest BCUT2D eigenvalue weighted by molar-refractivity contribution is -0.140. The molecule has 3 nitrogen and oxygen atoms in total. The van der Waals surface area contributed by atoms with Gasteiger partial charge in [-0.25, -0.2) is 0 Å². The number of amides is 2. The molecule has 1 heterocycles. The van der Waals surface area contributed by atoms with Gasteiger partial charge in [0.25, 0.3) is 0 Å². The van der Waals surface area contributed by atoms with Gasteiger partial charge in [0.2, 0.25) is 11.8 Å². The van der Waals surface area contributed by atoms with Crippen LogP contribution in [-0.4, -0.2) is 16.7 Å². The summed E-state index contributed by atoms with van der Waals surface area (Å²) >= 11 is 0. The monoisotopic (exact) mass is 299 g/mol. The molecule has 0 spiro atoms. The maximum atomic E-state index is 12.5. The molecule has 1 saturated heterocycles. The minimum Gasteiger partial charge on any atom is -0.278 e. The average Bonchev–Trinajstić information content (AvgIpc) is 2.82. The Hall–Kier alpha value is -1.64. The van der Waals surface area contributed by atoms with Crippen molar-refractivity contribution in [2.24, 2.45) is 11.8 Å². The number of nitrogens with zero attached hydrogens (tertiary/aromatic N) is 1. The van der Waals surface area contributed by atoms with Gasteiger partial charge in [-0.15, -0.1) is 0 Å². The fourth-order valence-electron chi connectivity index (χ4n) is 3.82. The molecule has 0 aromatic heterocycles. The average molecular weight is 299 g/mol. The van der Waals surface area contributed by atoms with E-state index in [2.05, 4.69) is 0 Å². The van der Waals surface area contributed by atoms with Crippen molar-refractivity contribution < 1.29 is 9.59 Å². The number of carbonyl (C=O) groups is 2. The van der Waals surface area contributed by atoms with Gasteiger partial charge in [-0.1, -0.05) is 62.4 Å². The standard InChI is InChI=1S/C19H25NO2/c21-18-13-17(12-11-15-7-3-1-4-8-15)19(22)20(18)14-16-9-5-2-6-10-16/h2,5-6,9-10,15,17H,1,3-4,7-8,11-14H2/t17-/m1/s1. The van der Waals surface area contributed by atoms with E-state index in [0.29, 0.717) is 13.0 Å². The molecule has 2 fully saturated rings. The Morgan fingerprint density at radius 1 is 0.955 bits per heavy atom. The van der Waals surface area contributed by atoms with E-state index in [-0.39, 0.29) is 17.7 Å². The van der Waals surface area contributed by atoms with E-state index >= 15 is 0 Å².